The minimum absolute atomic E-state index is 0.0340. The van der Waals surface area contributed by atoms with Gasteiger partial charge in [-0.15, -0.1) is 0 Å². The van der Waals surface area contributed by atoms with Crippen LogP contribution in [0.25, 0.3) is 11.0 Å². The maximum absolute atomic E-state index is 12.2. The second-order valence-electron chi connectivity index (χ2n) is 5.62. The number of hydrogen-bond acceptors (Lipinski definition) is 4. The van der Waals surface area contributed by atoms with Crippen LogP contribution in [0.5, 0.6) is 0 Å². The number of aliphatic hydroxyl groups excluding tert-OH is 1. The number of nitrogens with one attached hydrogen (secondary N) is 1. The van der Waals surface area contributed by atoms with Crippen LogP contribution < -0.4 is 5.32 Å². The number of amides is 1. The zero-order valence-corrected chi connectivity index (χ0v) is 12.3. The fraction of sp³-hybridized carbons (Fsp3) is 0.500. The summed E-state index contributed by atoms with van der Waals surface area (Å²) in [5, 5.41) is 17.0. The van der Waals surface area contributed by atoms with Gasteiger partial charge >= 0.3 is 0 Å². The third-order valence-electron chi connectivity index (χ3n) is 3.31. The predicted octanol–water partition coefficient (Wildman–Crippen LogP) is 1.17. The molecule has 1 amide bonds. The van der Waals surface area contributed by atoms with Crippen molar-refractivity contribution in [2.75, 3.05) is 6.61 Å². The van der Waals surface area contributed by atoms with Crippen LogP contribution in [0.15, 0.2) is 12.3 Å². The van der Waals surface area contributed by atoms with Crippen LogP contribution in [0.4, 0.5) is 0 Å². The number of aromatic nitrogens is 3. The molecular formula is C14H20N4O2. The van der Waals surface area contributed by atoms with Gasteiger partial charge in [-0.3, -0.25) is 9.48 Å². The smallest absolute Gasteiger partial charge is 0.253 e. The van der Waals surface area contributed by atoms with Crippen LogP contribution in [-0.2, 0) is 7.05 Å². The lowest BCUT2D eigenvalue weighted by Crippen LogP contribution is -2.44. The van der Waals surface area contributed by atoms with Gasteiger partial charge in [-0.2, -0.15) is 5.10 Å². The Labute approximate surface area is 117 Å². The van der Waals surface area contributed by atoms with Gasteiger partial charge in [0.15, 0.2) is 5.65 Å². The maximum Gasteiger partial charge on any atom is 0.253 e. The molecule has 0 unspecified atom stereocenters. The van der Waals surface area contributed by atoms with Crippen molar-refractivity contribution >= 4 is 16.9 Å². The molecule has 2 aromatic rings. The number of aryl methyl sites for hydroxylation is 2. The van der Waals surface area contributed by atoms with Crippen molar-refractivity contribution in [3.8, 4) is 0 Å². The second-order valence-corrected chi connectivity index (χ2v) is 5.62. The summed E-state index contributed by atoms with van der Waals surface area (Å²) in [6, 6.07) is 1.80. The number of fused-ring (bicyclic) bond motifs is 1. The Morgan fingerprint density at radius 2 is 2.20 bits per heavy atom. The van der Waals surface area contributed by atoms with E-state index in [9.17, 15) is 4.79 Å². The Morgan fingerprint density at radius 3 is 2.85 bits per heavy atom. The Hall–Kier alpha value is -1.95. The molecule has 0 aliphatic carbocycles. The van der Waals surface area contributed by atoms with Crippen LogP contribution in [0.1, 0.15) is 36.3 Å². The minimum Gasteiger partial charge on any atom is -0.396 e. The van der Waals surface area contributed by atoms with Crippen molar-refractivity contribution in [1.82, 2.24) is 20.1 Å². The third kappa shape index (κ3) is 2.80. The monoisotopic (exact) mass is 276 g/mol. The first-order valence-corrected chi connectivity index (χ1v) is 6.57. The molecule has 2 N–H and O–H groups in total. The van der Waals surface area contributed by atoms with Crippen molar-refractivity contribution in [1.29, 1.82) is 0 Å². The van der Waals surface area contributed by atoms with Gasteiger partial charge in [0.1, 0.15) is 0 Å². The van der Waals surface area contributed by atoms with E-state index in [-0.39, 0.29) is 12.5 Å². The highest BCUT2D eigenvalue weighted by atomic mass is 16.3. The lowest BCUT2D eigenvalue weighted by atomic mass is 10.0. The Kier molecular flexibility index (Phi) is 3.76. The highest BCUT2D eigenvalue weighted by Gasteiger charge is 2.21. The summed E-state index contributed by atoms with van der Waals surface area (Å²) in [5.74, 6) is -0.193. The summed E-state index contributed by atoms with van der Waals surface area (Å²) in [4.78, 5) is 16.5. The van der Waals surface area contributed by atoms with Gasteiger partial charge < -0.3 is 10.4 Å². The first-order valence-electron chi connectivity index (χ1n) is 6.57. The SMILES string of the molecule is Cc1nn(C)c2ncc(C(=O)NC(C)(C)CCO)cc12. The molecule has 0 aliphatic heterocycles. The molecular weight excluding hydrogens is 256 g/mol. The summed E-state index contributed by atoms with van der Waals surface area (Å²) in [7, 11) is 1.83. The standard InChI is InChI=1S/C14H20N4O2/c1-9-11-7-10(8-15-12(11)18(4)17-9)13(20)16-14(2,3)5-6-19/h7-8,19H,5-6H2,1-4H3,(H,16,20). The largest absolute Gasteiger partial charge is 0.396 e. The Morgan fingerprint density at radius 1 is 1.50 bits per heavy atom. The average molecular weight is 276 g/mol. The van der Waals surface area contributed by atoms with E-state index < -0.39 is 5.54 Å². The van der Waals surface area contributed by atoms with Crippen molar-refractivity contribution < 1.29 is 9.90 Å². The zero-order valence-electron chi connectivity index (χ0n) is 12.3. The fourth-order valence-electron chi connectivity index (χ4n) is 2.15. The molecule has 0 saturated carbocycles. The predicted molar refractivity (Wildman–Crippen MR) is 76.5 cm³/mol. The molecule has 6 heteroatoms. The molecule has 108 valence electrons. The molecule has 0 saturated heterocycles. The Bertz CT molecular complexity index is 646. The van der Waals surface area contributed by atoms with Crippen LogP contribution in [0.3, 0.4) is 0 Å². The van der Waals surface area contributed by atoms with Gasteiger partial charge in [0.2, 0.25) is 0 Å². The lowest BCUT2D eigenvalue weighted by Gasteiger charge is -2.25. The van der Waals surface area contributed by atoms with Crippen molar-refractivity contribution in [2.45, 2.75) is 32.7 Å². The molecule has 0 aliphatic rings. The maximum atomic E-state index is 12.2. The van der Waals surface area contributed by atoms with Gasteiger partial charge in [-0.1, -0.05) is 0 Å². The molecule has 0 bridgehead atoms. The van der Waals surface area contributed by atoms with Crippen LogP contribution in [0.2, 0.25) is 0 Å². The number of carbonyl (C=O) groups excluding carboxylic acids is 1. The molecule has 2 heterocycles. The van der Waals surface area contributed by atoms with Gasteiger partial charge in [-0.05, 0) is 33.3 Å². The van der Waals surface area contributed by atoms with Gasteiger partial charge in [-0.25, -0.2) is 4.98 Å². The summed E-state index contributed by atoms with van der Waals surface area (Å²) in [6.07, 6.45) is 2.05. The summed E-state index contributed by atoms with van der Waals surface area (Å²) >= 11 is 0. The number of pyridine rings is 1. The molecule has 0 fully saturated rings. The zero-order chi connectivity index (χ0) is 14.9. The molecule has 0 atom stereocenters. The van der Waals surface area contributed by atoms with E-state index in [2.05, 4.69) is 15.4 Å². The highest BCUT2D eigenvalue weighted by Crippen LogP contribution is 2.17. The van der Waals surface area contributed by atoms with Crippen LogP contribution in [0, 0.1) is 6.92 Å². The van der Waals surface area contributed by atoms with E-state index in [1.165, 1.54) is 0 Å². The average Bonchev–Trinajstić information content (AvgIpc) is 2.64. The van der Waals surface area contributed by atoms with Gasteiger partial charge in [0, 0.05) is 30.8 Å². The van der Waals surface area contributed by atoms with E-state index in [1.807, 2.05) is 27.8 Å². The van der Waals surface area contributed by atoms with Crippen molar-refractivity contribution in [3.63, 3.8) is 0 Å². The van der Waals surface area contributed by atoms with Crippen molar-refractivity contribution in [3.05, 3.63) is 23.5 Å². The molecule has 0 radical (unpaired) electrons. The van der Waals surface area contributed by atoms with Crippen LogP contribution in [-0.4, -0.2) is 37.9 Å². The number of carbonyl (C=O) groups is 1. The fourth-order valence-corrected chi connectivity index (χ4v) is 2.15. The van der Waals surface area contributed by atoms with E-state index >= 15 is 0 Å². The van der Waals surface area contributed by atoms with Gasteiger partial charge in [0.05, 0.1) is 11.3 Å². The molecule has 6 nitrogen and oxygen atoms in total. The van der Waals surface area contributed by atoms with Gasteiger partial charge in [0.25, 0.3) is 5.91 Å². The van der Waals surface area contributed by atoms with E-state index in [0.29, 0.717) is 12.0 Å². The lowest BCUT2D eigenvalue weighted by molar-refractivity contribution is 0.0899. The number of hydrogen-bond donors (Lipinski definition) is 2. The number of aliphatic hydroxyl groups is 1. The minimum atomic E-state index is -0.454. The van der Waals surface area contributed by atoms with E-state index in [0.717, 1.165) is 16.7 Å². The molecule has 2 rings (SSSR count). The number of nitrogens with zero attached hydrogens (tertiary/aromatic N) is 3. The summed E-state index contributed by atoms with van der Waals surface area (Å²) in [5.41, 5.74) is 1.65. The van der Waals surface area contributed by atoms with E-state index in [1.54, 1.807) is 16.9 Å². The highest BCUT2D eigenvalue weighted by molar-refractivity contribution is 5.97. The molecule has 20 heavy (non-hydrogen) atoms. The molecule has 0 aromatic carbocycles. The molecule has 2 aromatic heterocycles. The summed E-state index contributed by atoms with van der Waals surface area (Å²) < 4.78 is 1.70. The first-order chi connectivity index (χ1) is 9.34. The summed E-state index contributed by atoms with van der Waals surface area (Å²) in [6.45, 7) is 5.68. The third-order valence-corrected chi connectivity index (χ3v) is 3.31. The van der Waals surface area contributed by atoms with Crippen molar-refractivity contribution in [2.24, 2.45) is 7.05 Å². The first kappa shape index (κ1) is 14.5. The topological polar surface area (TPSA) is 80.0 Å². The van der Waals surface area contributed by atoms with E-state index in [4.69, 9.17) is 5.11 Å². The quantitative estimate of drug-likeness (QED) is 0.878. The number of rotatable bonds is 4. The Balaban J connectivity index is 2.29. The van der Waals surface area contributed by atoms with Crippen LogP contribution >= 0.6 is 0 Å². The normalized spacial score (nSPS) is 11.8. The molecule has 0 spiro atoms. The second kappa shape index (κ2) is 5.20.